The Hall–Kier alpha value is -1.46. The van der Waals surface area contributed by atoms with E-state index in [1.165, 1.54) is 0 Å². The van der Waals surface area contributed by atoms with Crippen LogP contribution in [0.15, 0.2) is 23.2 Å². The summed E-state index contributed by atoms with van der Waals surface area (Å²) in [7, 11) is 3.33. The van der Waals surface area contributed by atoms with Crippen molar-refractivity contribution in [3.63, 3.8) is 0 Å². The number of nitrogens with one attached hydrogen (secondary N) is 2. The largest absolute Gasteiger partial charge is 0.497 e. The molecule has 1 aromatic rings. The van der Waals surface area contributed by atoms with Crippen LogP contribution in [0.4, 0.5) is 0 Å². The Labute approximate surface area is 144 Å². The van der Waals surface area contributed by atoms with E-state index in [1.54, 1.807) is 14.2 Å². The van der Waals surface area contributed by atoms with Crippen LogP contribution in [-0.4, -0.2) is 45.4 Å². The molecule has 5 nitrogen and oxygen atoms in total. The first kappa shape index (κ1) is 19.6. The van der Waals surface area contributed by atoms with Gasteiger partial charge in [-0.3, -0.25) is 4.99 Å². The molecule has 0 aromatic heterocycles. The molecule has 0 atom stereocenters. The quantitative estimate of drug-likeness (QED) is 0.564. The summed E-state index contributed by atoms with van der Waals surface area (Å²) in [6.07, 6.45) is 0.806. The van der Waals surface area contributed by atoms with Gasteiger partial charge in [-0.25, -0.2) is 0 Å². The van der Waals surface area contributed by atoms with Crippen LogP contribution in [0.5, 0.6) is 5.75 Å². The standard InChI is InChI=1S/C17H28ClN3O2/c1-6-19-16(21-12-17(2,3)23-5)20-10-9-13-7-8-14(22-4)11-15(13)18/h7-8,11H,6,9-10,12H2,1-5H3,(H2,19,20,21). The summed E-state index contributed by atoms with van der Waals surface area (Å²) in [5.74, 6) is 1.55. The predicted octanol–water partition coefficient (Wildman–Crippen LogP) is 2.87. The van der Waals surface area contributed by atoms with Gasteiger partial charge in [0.2, 0.25) is 0 Å². The van der Waals surface area contributed by atoms with Gasteiger partial charge in [0.25, 0.3) is 0 Å². The molecule has 0 saturated carbocycles. The zero-order valence-corrected chi connectivity index (χ0v) is 15.5. The summed E-state index contributed by atoms with van der Waals surface area (Å²) in [5, 5.41) is 7.26. The Morgan fingerprint density at radius 3 is 2.57 bits per heavy atom. The topological polar surface area (TPSA) is 54.9 Å². The Balaban J connectivity index is 2.57. The highest BCUT2D eigenvalue weighted by molar-refractivity contribution is 6.31. The first-order chi connectivity index (χ1) is 10.9. The van der Waals surface area contributed by atoms with Crippen LogP contribution in [0.3, 0.4) is 0 Å². The van der Waals surface area contributed by atoms with Crippen molar-refractivity contribution in [3.05, 3.63) is 28.8 Å². The molecule has 1 rings (SSSR count). The summed E-state index contributed by atoms with van der Waals surface area (Å²) >= 11 is 6.25. The van der Waals surface area contributed by atoms with Crippen LogP contribution in [-0.2, 0) is 11.2 Å². The van der Waals surface area contributed by atoms with Crippen LogP contribution in [0, 0.1) is 0 Å². The summed E-state index contributed by atoms with van der Waals surface area (Å²) in [6, 6.07) is 5.74. The zero-order chi connectivity index (χ0) is 17.3. The van der Waals surface area contributed by atoms with Gasteiger partial charge in [0.15, 0.2) is 5.96 Å². The Kier molecular flexibility index (Phi) is 8.20. The fraction of sp³-hybridized carbons (Fsp3) is 0.588. The lowest BCUT2D eigenvalue weighted by atomic mass is 10.1. The molecule has 0 saturated heterocycles. The van der Waals surface area contributed by atoms with Gasteiger partial charge in [0.05, 0.1) is 19.3 Å². The number of nitrogens with zero attached hydrogens (tertiary/aromatic N) is 1. The lowest BCUT2D eigenvalue weighted by Gasteiger charge is -2.21. The minimum Gasteiger partial charge on any atom is -0.497 e. The van der Waals surface area contributed by atoms with E-state index in [0.717, 1.165) is 36.8 Å². The SMILES string of the molecule is CCNC(=NCC(C)(C)OC)NCCc1ccc(OC)cc1Cl. The minimum atomic E-state index is -0.276. The van der Waals surface area contributed by atoms with Crippen molar-refractivity contribution >= 4 is 17.6 Å². The maximum Gasteiger partial charge on any atom is 0.191 e. The average Bonchev–Trinajstić information content (AvgIpc) is 2.54. The predicted molar refractivity (Wildman–Crippen MR) is 96.8 cm³/mol. The van der Waals surface area contributed by atoms with Crippen molar-refractivity contribution in [2.45, 2.75) is 32.8 Å². The average molecular weight is 342 g/mol. The third-order valence-electron chi connectivity index (χ3n) is 3.46. The highest BCUT2D eigenvalue weighted by atomic mass is 35.5. The fourth-order valence-corrected chi connectivity index (χ4v) is 2.11. The van der Waals surface area contributed by atoms with Gasteiger partial charge in [0, 0.05) is 25.2 Å². The van der Waals surface area contributed by atoms with Crippen molar-refractivity contribution in [1.29, 1.82) is 0 Å². The molecular formula is C17H28ClN3O2. The van der Waals surface area contributed by atoms with E-state index in [2.05, 4.69) is 15.6 Å². The van der Waals surface area contributed by atoms with Gasteiger partial charge < -0.3 is 20.1 Å². The molecule has 0 aliphatic heterocycles. The van der Waals surface area contributed by atoms with Crippen molar-refractivity contribution in [2.24, 2.45) is 4.99 Å². The van der Waals surface area contributed by atoms with Crippen molar-refractivity contribution < 1.29 is 9.47 Å². The van der Waals surface area contributed by atoms with E-state index in [1.807, 2.05) is 39.0 Å². The molecule has 0 spiro atoms. The third kappa shape index (κ3) is 7.10. The lowest BCUT2D eigenvalue weighted by molar-refractivity contribution is 0.0310. The van der Waals surface area contributed by atoms with Crippen molar-refractivity contribution in [2.75, 3.05) is 33.9 Å². The monoisotopic (exact) mass is 341 g/mol. The Morgan fingerprint density at radius 1 is 1.26 bits per heavy atom. The van der Waals surface area contributed by atoms with E-state index < -0.39 is 0 Å². The number of rotatable bonds is 8. The molecule has 1 aromatic carbocycles. The minimum absolute atomic E-state index is 0.276. The Bertz CT molecular complexity index is 519. The van der Waals surface area contributed by atoms with Crippen LogP contribution in [0.2, 0.25) is 5.02 Å². The van der Waals surface area contributed by atoms with Crippen molar-refractivity contribution in [3.8, 4) is 5.75 Å². The molecule has 0 heterocycles. The van der Waals surface area contributed by atoms with Crippen LogP contribution >= 0.6 is 11.6 Å². The maximum absolute atomic E-state index is 6.25. The molecule has 0 bridgehead atoms. The highest BCUT2D eigenvalue weighted by Crippen LogP contribution is 2.22. The van der Waals surface area contributed by atoms with E-state index in [0.29, 0.717) is 11.6 Å². The number of methoxy groups -OCH3 is 2. The normalized spacial score (nSPS) is 12.2. The first-order valence-electron chi connectivity index (χ1n) is 7.81. The molecule has 0 fully saturated rings. The summed E-state index contributed by atoms with van der Waals surface area (Å²) in [4.78, 5) is 4.55. The number of ether oxygens (including phenoxy) is 2. The molecular weight excluding hydrogens is 314 g/mol. The molecule has 2 N–H and O–H groups in total. The second kappa shape index (κ2) is 9.63. The molecule has 6 heteroatoms. The number of halogens is 1. The molecule has 0 aliphatic carbocycles. The van der Waals surface area contributed by atoms with E-state index in [4.69, 9.17) is 21.1 Å². The number of benzene rings is 1. The van der Waals surface area contributed by atoms with Crippen molar-refractivity contribution in [1.82, 2.24) is 10.6 Å². The van der Waals surface area contributed by atoms with Crippen LogP contribution in [0.25, 0.3) is 0 Å². The van der Waals surface area contributed by atoms with E-state index in [-0.39, 0.29) is 5.60 Å². The molecule has 0 radical (unpaired) electrons. The zero-order valence-electron chi connectivity index (χ0n) is 14.7. The summed E-state index contributed by atoms with van der Waals surface area (Å²) < 4.78 is 10.5. The third-order valence-corrected chi connectivity index (χ3v) is 3.81. The maximum atomic E-state index is 6.25. The van der Waals surface area contributed by atoms with Gasteiger partial charge in [-0.2, -0.15) is 0 Å². The molecule has 0 unspecified atom stereocenters. The van der Waals surface area contributed by atoms with Gasteiger partial charge in [-0.15, -0.1) is 0 Å². The van der Waals surface area contributed by atoms with Gasteiger partial charge in [-0.05, 0) is 44.9 Å². The second-order valence-electron chi connectivity index (χ2n) is 5.79. The number of aliphatic imine (C=N–C) groups is 1. The fourth-order valence-electron chi connectivity index (χ4n) is 1.85. The van der Waals surface area contributed by atoms with Crippen LogP contribution < -0.4 is 15.4 Å². The van der Waals surface area contributed by atoms with E-state index >= 15 is 0 Å². The molecule has 0 aliphatic rings. The highest BCUT2D eigenvalue weighted by Gasteiger charge is 2.15. The van der Waals surface area contributed by atoms with Gasteiger partial charge in [-0.1, -0.05) is 17.7 Å². The number of hydrogen-bond donors (Lipinski definition) is 2. The second-order valence-corrected chi connectivity index (χ2v) is 6.20. The lowest BCUT2D eigenvalue weighted by Crippen LogP contribution is -2.40. The van der Waals surface area contributed by atoms with Crippen LogP contribution in [0.1, 0.15) is 26.3 Å². The van der Waals surface area contributed by atoms with E-state index in [9.17, 15) is 0 Å². The molecule has 130 valence electrons. The van der Waals surface area contributed by atoms with Gasteiger partial charge in [0.1, 0.15) is 5.75 Å². The number of guanidine groups is 1. The smallest absolute Gasteiger partial charge is 0.191 e. The summed E-state index contributed by atoms with van der Waals surface area (Å²) in [5.41, 5.74) is 0.801. The number of hydrogen-bond acceptors (Lipinski definition) is 3. The molecule has 0 amide bonds. The summed E-state index contributed by atoms with van der Waals surface area (Å²) in [6.45, 7) is 8.20. The first-order valence-corrected chi connectivity index (χ1v) is 8.19. The molecule has 23 heavy (non-hydrogen) atoms. The van der Waals surface area contributed by atoms with Gasteiger partial charge >= 0.3 is 0 Å². The Morgan fingerprint density at radius 2 is 2.00 bits per heavy atom.